The summed E-state index contributed by atoms with van der Waals surface area (Å²) < 4.78 is 50.2. The van der Waals surface area contributed by atoms with Crippen molar-refractivity contribution in [1.82, 2.24) is 21.3 Å². The summed E-state index contributed by atoms with van der Waals surface area (Å²) in [6.07, 6.45) is 1.46. The number of urea groups is 1. The quantitative estimate of drug-likeness (QED) is 0.0350. The van der Waals surface area contributed by atoms with Gasteiger partial charge in [0.25, 0.3) is 0 Å². The van der Waals surface area contributed by atoms with Crippen molar-refractivity contribution in [2.24, 2.45) is 0 Å². The third-order valence-corrected chi connectivity index (χ3v) is 11.7. The molecule has 0 rings (SSSR count). The van der Waals surface area contributed by atoms with Gasteiger partial charge in [-0.2, -0.15) is 0 Å². The Morgan fingerprint density at radius 1 is 0.829 bits per heavy atom. The normalized spacial score (nSPS) is 14.2. The Labute approximate surface area is 246 Å². The van der Waals surface area contributed by atoms with Crippen LogP contribution in [0.15, 0.2) is 12.7 Å². The monoisotopic (exact) mass is 628 g/mol. The minimum Gasteiger partial charge on any atom is -0.461 e. The van der Waals surface area contributed by atoms with Gasteiger partial charge in [-0.1, -0.05) is 6.58 Å². The highest BCUT2D eigenvalue weighted by Gasteiger charge is 2.43. The van der Waals surface area contributed by atoms with Crippen LogP contribution in [0.3, 0.4) is 0 Å². The highest BCUT2D eigenvalue weighted by Crippen LogP contribution is 2.18. The van der Waals surface area contributed by atoms with Gasteiger partial charge in [0.1, 0.15) is 6.61 Å². The van der Waals surface area contributed by atoms with Gasteiger partial charge in [-0.05, 0) is 39.8 Å². The lowest BCUT2D eigenvalue weighted by molar-refractivity contribution is -0.183. The molecule has 0 spiro atoms. The van der Waals surface area contributed by atoms with E-state index < -0.39 is 41.7 Å². The number of amides is 2. The first kappa shape index (κ1) is 39.5. The molecule has 0 aliphatic rings. The van der Waals surface area contributed by atoms with Gasteiger partial charge >= 0.3 is 29.6 Å². The fourth-order valence-electron chi connectivity index (χ4n) is 3.90. The number of carbonyl (C=O) groups excluding carboxylic acids is 2. The van der Waals surface area contributed by atoms with E-state index in [1.807, 2.05) is 13.8 Å². The second-order valence-electron chi connectivity index (χ2n) is 8.44. The standard InChI is InChI=1S/C24H52N4O11Si2/c1-10-21(29)38-18-17-26-23(30)28-24(39-12-3,27-16-14-20-41(34-7,35-8)36-9)22(37-11-2)25-15-13-19-40(31-4,32-5)33-6/h10,22,25,27H,1,11-20H2,2-9H3,(H2,26,28,30). The van der Waals surface area contributed by atoms with Gasteiger partial charge in [-0.3, -0.25) is 16.0 Å². The lowest BCUT2D eigenvalue weighted by atomic mass is 10.3. The van der Waals surface area contributed by atoms with Crippen molar-refractivity contribution in [1.29, 1.82) is 0 Å². The second-order valence-corrected chi connectivity index (χ2v) is 14.6. The average Bonchev–Trinajstić information content (AvgIpc) is 2.99. The minimum atomic E-state index is -2.80. The van der Waals surface area contributed by atoms with Crippen molar-refractivity contribution in [3.8, 4) is 0 Å². The summed E-state index contributed by atoms with van der Waals surface area (Å²) in [5, 5.41) is 12.2. The number of esters is 1. The molecule has 17 heteroatoms. The molecule has 0 bridgehead atoms. The lowest BCUT2D eigenvalue weighted by Gasteiger charge is -2.41. The van der Waals surface area contributed by atoms with Crippen molar-refractivity contribution < 1.29 is 50.4 Å². The zero-order valence-corrected chi connectivity index (χ0v) is 27.9. The van der Waals surface area contributed by atoms with Crippen LogP contribution >= 0.6 is 0 Å². The summed E-state index contributed by atoms with van der Waals surface area (Å²) in [5.41, 5.74) is 0. The van der Waals surface area contributed by atoms with Crippen LogP contribution in [-0.2, 0) is 45.6 Å². The molecule has 4 N–H and O–H groups in total. The molecule has 0 saturated carbocycles. The molecule has 0 radical (unpaired) electrons. The van der Waals surface area contributed by atoms with E-state index in [4.69, 9.17) is 40.8 Å². The predicted octanol–water partition coefficient (Wildman–Crippen LogP) is 0.783. The smallest absolute Gasteiger partial charge is 0.461 e. The van der Waals surface area contributed by atoms with Crippen molar-refractivity contribution in [3.05, 3.63) is 12.7 Å². The van der Waals surface area contributed by atoms with Gasteiger partial charge in [-0.15, -0.1) is 0 Å². The van der Waals surface area contributed by atoms with Gasteiger partial charge in [0.15, 0.2) is 6.23 Å². The molecule has 15 nitrogen and oxygen atoms in total. The maximum Gasteiger partial charge on any atom is 0.500 e. The molecule has 2 amide bonds. The number of carbonyl (C=O) groups is 2. The fraction of sp³-hybridized carbons (Fsp3) is 0.833. The Morgan fingerprint density at radius 3 is 1.83 bits per heavy atom. The Balaban J connectivity index is 5.75. The Kier molecular flexibility index (Phi) is 21.3. The highest BCUT2D eigenvalue weighted by atomic mass is 28.4. The van der Waals surface area contributed by atoms with Crippen LogP contribution < -0.4 is 21.3 Å². The van der Waals surface area contributed by atoms with E-state index in [9.17, 15) is 9.59 Å². The Bertz CT molecular complexity index is 717. The van der Waals surface area contributed by atoms with E-state index >= 15 is 0 Å². The van der Waals surface area contributed by atoms with Crippen LogP contribution in [0.4, 0.5) is 4.79 Å². The fourth-order valence-corrected chi connectivity index (χ4v) is 7.34. The predicted molar refractivity (Wildman–Crippen MR) is 156 cm³/mol. The SMILES string of the molecule is C=CC(=O)OCCNC(=O)NC(NCCC[Si](OC)(OC)OC)(OCC)C(NCCC[Si](OC)(OC)OC)OCC. The van der Waals surface area contributed by atoms with Crippen LogP contribution in [0, 0.1) is 0 Å². The molecule has 0 fully saturated rings. The Hall–Kier alpha value is -1.49. The number of rotatable bonds is 26. The van der Waals surface area contributed by atoms with E-state index in [-0.39, 0.29) is 19.8 Å². The van der Waals surface area contributed by atoms with E-state index in [1.165, 1.54) is 0 Å². The topological polar surface area (TPSA) is 165 Å². The average molecular weight is 629 g/mol. The molecular formula is C24H52N4O11Si2. The van der Waals surface area contributed by atoms with Crippen molar-refractivity contribution >= 4 is 29.6 Å². The summed E-state index contributed by atoms with van der Waals surface area (Å²) in [6, 6.07) is 0.523. The van der Waals surface area contributed by atoms with Gasteiger partial charge in [0.05, 0.1) is 6.54 Å². The molecule has 0 aliphatic carbocycles. The number of ether oxygens (including phenoxy) is 3. The highest BCUT2D eigenvalue weighted by molar-refractivity contribution is 6.60. The first-order valence-electron chi connectivity index (χ1n) is 13.5. The van der Waals surface area contributed by atoms with E-state index in [1.54, 1.807) is 42.7 Å². The second kappa shape index (κ2) is 22.1. The van der Waals surface area contributed by atoms with Crippen LogP contribution in [0.25, 0.3) is 0 Å². The summed E-state index contributed by atoms with van der Waals surface area (Å²) in [6.45, 7) is 8.48. The maximum atomic E-state index is 13.0. The zero-order valence-electron chi connectivity index (χ0n) is 25.9. The molecule has 2 atom stereocenters. The van der Waals surface area contributed by atoms with Gasteiger partial charge in [0.2, 0.25) is 5.85 Å². The molecule has 0 saturated heterocycles. The summed E-state index contributed by atoms with van der Waals surface area (Å²) in [5.74, 6) is -2.06. The first-order chi connectivity index (χ1) is 19.6. The van der Waals surface area contributed by atoms with Crippen molar-refractivity contribution in [2.75, 3.05) is 82.1 Å². The zero-order chi connectivity index (χ0) is 31.2. The molecule has 242 valence electrons. The molecule has 41 heavy (non-hydrogen) atoms. The molecule has 0 aromatic carbocycles. The van der Waals surface area contributed by atoms with Crippen LogP contribution in [0.2, 0.25) is 12.1 Å². The van der Waals surface area contributed by atoms with Gasteiger partial charge in [-0.25, -0.2) is 9.59 Å². The van der Waals surface area contributed by atoms with E-state index in [0.717, 1.165) is 6.08 Å². The number of nitrogens with one attached hydrogen (secondary N) is 4. The lowest BCUT2D eigenvalue weighted by Crippen LogP contribution is -2.72. The molecule has 0 aromatic rings. The maximum absolute atomic E-state index is 13.0. The third kappa shape index (κ3) is 14.0. The van der Waals surface area contributed by atoms with Crippen LogP contribution in [0.5, 0.6) is 0 Å². The Morgan fingerprint density at radius 2 is 1.37 bits per heavy atom. The van der Waals surface area contributed by atoms with Crippen molar-refractivity contribution in [3.63, 3.8) is 0 Å². The van der Waals surface area contributed by atoms with E-state index in [2.05, 4.69) is 27.8 Å². The van der Waals surface area contributed by atoms with Crippen LogP contribution in [-0.4, -0.2) is 124 Å². The largest absolute Gasteiger partial charge is 0.500 e. The summed E-state index contributed by atoms with van der Waals surface area (Å²) in [4.78, 5) is 24.3. The summed E-state index contributed by atoms with van der Waals surface area (Å²) >= 11 is 0. The number of hydrogen-bond donors (Lipinski definition) is 4. The molecule has 0 aromatic heterocycles. The first-order valence-corrected chi connectivity index (χ1v) is 17.4. The van der Waals surface area contributed by atoms with Crippen LogP contribution in [0.1, 0.15) is 26.7 Å². The van der Waals surface area contributed by atoms with Gasteiger partial charge < -0.3 is 46.1 Å². The molecular weight excluding hydrogens is 576 g/mol. The van der Waals surface area contributed by atoms with Crippen molar-refractivity contribution in [2.45, 2.75) is 50.9 Å². The number of hydrogen-bond acceptors (Lipinski definition) is 13. The molecule has 0 heterocycles. The summed E-state index contributed by atoms with van der Waals surface area (Å²) in [7, 11) is 3.79. The molecule has 0 aliphatic heterocycles. The molecule has 2 unspecified atom stereocenters. The minimum absolute atomic E-state index is 0.0254. The third-order valence-electron chi connectivity index (χ3n) is 6.08. The van der Waals surface area contributed by atoms with Gasteiger partial charge in [0, 0.05) is 74.0 Å². The van der Waals surface area contributed by atoms with E-state index in [0.29, 0.717) is 44.6 Å².